The van der Waals surface area contributed by atoms with Gasteiger partial charge in [-0.05, 0) is 44.5 Å². The van der Waals surface area contributed by atoms with Crippen LogP contribution >= 0.6 is 0 Å². The van der Waals surface area contributed by atoms with Gasteiger partial charge in [-0.2, -0.15) is 4.98 Å². The van der Waals surface area contributed by atoms with E-state index in [9.17, 15) is 0 Å². The van der Waals surface area contributed by atoms with Crippen LogP contribution in [0.2, 0.25) is 0 Å². The van der Waals surface area contributed by atoms with E-state index in [0.29, 0.717) is 5.82 Å². The van der Waals surface area contributed by atoms with Crippen LogP contribution in [-0.4, -0.2) is 28.2 Å². The molecule has 0 amide bonds. The van der Waals surface area contributed by atoms with Crippen LogP contribution in [0.15, 0.2) is 22.9 Å². The van der Waals surface area contributed by atoms with Gasteiger partial charge in [0.15, 0.2) is 0 Å². The summed E-state index contributed by atoms with van der Waals surface area (Å²) in [5.74, 6) is 1.47. The van der Waals surface area contributed by atoms with Gasteiger partial charge in [-0.25, -0.2) is 0 Å². The van der Waals surface area contributed by atoms with Gasteiger partial charge >= 0.3 is 0 Å². The Labute approximate surface area is 112 Å². The minimum atomic E-state index is 0.0673. The van der Waals surface area contributed by atoms with Crippen LogP contribution in [0.4, 0.5) is 0 Å². The largest absolute Gasteiger partial charge is 0.359 e. The molecule has 0 bridgehead atoms. The van der Waals surface area contributed by atoms with Crippen molar-refractivity contribution >= 4 is 0 Å². The highest BCUT2D eigenvalue weighted by molar-refractivity contribution is 5.48. The lowest BCUT2D eigenvalue weighted by atomic mass is 9.75. The molecule has 3 rings (SSSR count). The van der Waals surface area contributed by atoms with E-state index < -0.39 is 0 Å². The van der Waals surface area contributed by atoms with E-state index in [1.807, 2.05) is 18.3 Å². The second kappa shape index (κ2) is 5.17. The molecule has 1 saturated heterocycles. The molecule has 102 valence electrons. The molecule has 5 heteroatoms. The smallest absolute Gasteiger partial charge is 0.233 e. The highest BCUT2D eigenvalue weighted by Crippen LogP contribution is 2.37. The molecule has 1 aliphatic rings. The lowest BCUT2D eigenvalue weighted by Crippen LogP contribution is -2.40. The number of rotatable bonds is 4. The van der Waals surface area contributed by atoms with Crippen LogP contribution in [0.3, 0.4) is 0 Å². The Bertz CT molecular complexity index is 506. The molecule has 0 aromatic carbocycles. The van der Waals surface area contributed by atoms with Gasteiger partial charge in [0.2, 0.25) is 11.7 Å². The number of hydrogen-bond donors (Lipinski definition) is 2. The summed E-state index contributed by atoms with van der Waals surface area (Å²) >= 11 is 0. The predicted molar refractivity (Wildman–Crippen MR) is 72.8 cm³/mol. The van der Waals surface area contributed by atoms with Gasteiger partial charge < -0.3 is 14.8 Å². The van der Waals surface area contributed by atoms with Gasteiger partial charge in [0, 0.05) is 6.20 Å². The second-order valence-electron chi connectivity index (χ2n) is 5.29. The summed E-state index contributed by atoms with van der Waals surface area (Å²) in [5, 5.41) is 7.53. The predicted octanol–water partition coefficient (Wildman–Crippen LogP) is 2.49. The number of aromatic amines is 1. The van der Waals surface area contributed by atoms with E-state index in [0.717, 1.165) is 50.4 Å². The fourth-order valence-electron chi connectivity index (χ4n) is 2.97. The lowest BCUT2D eigenvalue weighted by Gasteiger charge is -2.34. The first-order valence-electron chi connectivity index (χ1n) is 7.03. The third kappa shape index (κ3) is 2.30. The van der Waals surface area contributed by atoms with Crippen LogP contribution in [0.1, 0.15) is 38.5 Å². The van der Waals surface area contributed by atoms with Crippen LogP contribution in [0.25, 0.3) is 11.5 Å². The van der Waals surface area contributed by atoms with Gasteiger partial charge in [0.25, 0.3) is 0 Å². The first kappa shape index (κ1) is 12.4. The van der Waals surface area contributed by atoms with Crippen molar-refractivity contribution in [3.63, 3.8) is 0 Å². The first-order chi connectivity index (χ1) is 9.34. The van der Waals surface area contributed by atoms with E-state index >= 15 is 0 Å². The van der Waals surface area contributed by atoms with Crippen molar-refractivity contribution in [3.8, 4) is 11.5 Å². The van der Waals surface area contributed by atoms with E-state index in [4.69, 9.17) is 4.52 Å². The summed E-state index contributed by atoms with van der Waals surface area (Å²) < 4.78 is 5.57. The zero-order valence-corrected chi connectivity index (χ0v) is 11.3. The van der Waals surface area contributed by atoms with E-state index in [1.54, 1.807) is 0 Å². The maximum atomic E-state index is 5.57. The number of hydrogen-bond acceptors (Lipinski definition) is 4. The Morgan fingerprint density at radius 2 is 2.21 bits per heavy atom. The van der Waals surface area contributed by atoms with Gasteiger partial charge in [-0.15, -0.1) is 0 Å². The summed E-state index contributed by atoms with van der Waals surface area (Å²) in [7, 11) is 0. The molecule has 0 spiro atoms. The maximum absolute atomic E-state index is 5.57. The number of H-pyrrole nitrogens is 1. The molecule has 2 aromatic rings. The number of nitrogens with one attached hydrogen (secondary N) is 2. The van der Waals surface area contributed by atoms with Crippen molar-refractivity contribution in [2.75, 3.05) is 13.1 Å². The van der Waals surface area contributed by atoms with Crippen molar-refractivity contribution in [1.82, 2.24) is 20.4 Å². The van der Waals surface area contributed by atoms with Crippen molar-refractivity contribution in [3.05, 3.63) is 24.2 Å². The Morgan fingerprint density at radius 3 is 2.89 bits per heavy atom. The van der Waals surface area contributed by atoms with E-state index in [2.05, 4.69) is 27.4 Å². The molecule has 0 saturated carbocycles. The van der Waals surface area contributed by atoms with E-state index in [1.165, 1.54) is 0 Å². The fraction of sp³-hybridized carbons (Fsp3) is 0.571. The Kier molecular flexibility index (Phi) is 3.38. The van der Waals surface area contributed by atoms with Crippen LogP contribution in [-0.2, 0) is 5.41 Å². The summed E-state index contributed by atoms with van der Waals surface area (Å²) in [6.07, 6.45) is 6.28. The molecular weight excluding hydrogens is 240 g/mol. The molecular formula is C14H20N4O. The number of piperidine rings is 1. The third-order valence-electron chi connectivity index (χ3n) is 4.01. The molecule has 0 aliphatic carbocycles. The van der Waals surface area contributed by atoms with E-state index in [-0.39, 0.29) is 5.41 Å². The SMILES string of the molecule is CCCC1(c2nc(-c3ccc[nH]3)no2)CCNCC1. The summed E-state index contributed by atoms with van der Waals surface area (Å²) in [4.78, 5) is 7.75. The average molecular weight is 260 g/mol. The molecule has 1 fully saturated rings. The quantitative estimate of drug-likeness (QED) is 0.886. The summed E-state index contributed by atoms with van der Waals surface area (Å²) in [5.41, 5.74) is 0.980. The summed E-state index contributed by atoms with van der Waals surface area (Å²) in [6, 6.07) is 3.90. The molecule has 19 heavy (non-hydrogen) atoms. The normalized spacial score (nSPS) is 18.6. The molecule has 5 nitrogen and oxygen atoms in total. The maximum Gasteiger partial charge on any atom is 0.233 e. The number of nitrogens with zero attached hydrogens (tertiary/aromatic N) is 2. The first-order valence-corrected chi connectivity index (χ1v) is 7.03. The molecule has 3 heterocycles. The molecule has 0 unspecified atom stereocenters. The molecule has 0 radical (unpaired) electrons. The van der Waals surface area contributed by atoms with Crippen molar-refractivity contribution in [1.29, 1.82) is 0 Å². The second-order valence-corrected chi connectivity index (χ2v) is 5.29. The fourth-order valence-corrected chi connectivity index (χ4v) is 2.97. The average Bonchev–Trinajstić information content (AvgIpc) is 3.11. The highest BCUT2D eigenvalue weighted by Gasteiger charge is 2.38. The molecule has 1 aliphatic heterocycles. The van der Waals surface area contributed by atoms with Gasteiger partial charge in [-0.1, -0.05) is 18.5 Å². The zero-order valence-electron chi connectivity index (χ0n) is 11.3. The molecule has 2 N–H and O–H groups in total. The molecule has 2 aromatic heterocycles. The monoisotopic (exact) mass is 260 g/mol. The number of aromatic nitrogens is 3. The third-order valence-corrected chi connectivity index (χ3v) is 4.01. The Hall–Kier alpha value is -1.62. The summed E-state index contributed by atoms with van der Waals surface area (Å²) in [6.45, 7) is 4.27. The van der Waals surface area contributed by atoms with Gasteiger partial charge in [-0.3, -0.25) is 0 Å². The van der Waals surface area contributed by atoms with Crippen molar-refractivity contribution in [2.45, 2.75) is 38.0 Å². The topological polar surface area (TPSA) is 66.7 Å². The van der Waals surface area contributed by atoms with Gasteiger partial charge in [0.1, 0.15) is 0 Å². The van der Waals surface area contributed by atoms with Crippen LogP contribution < -0.4 is 5.32 Å². The zero-order chi connectivity index (χ0) is 13.1. The van der Waals surface area contributed by atoms with Crippen LogP contribution in [0, 0.1) is 0 Å². The van der Waals surface area contributed by atoms with Gasteiger partial charge in [0.05, 0.1) is 11.1 Å². The van der Waals surface area contributed by atoms with Crippen molar-refractivity contribution in [2.24, 2.45) is 0 Å². The highest BCUT2D eigenvalue weighted by atomic mass is 16.5. The minimum absolute atomic E-state index is 0.0673. The lowest BCUT2D eigenvalue weighted by molar-refractivity contribution is 0.208. The standard InChI is InChI=1S/C14H20N4O/c1-2-5-14(6-9-15-10-7-14)13-17-12(18-19-13)11-4-3-8-16-11/h3-4,8,15-16H,2,5-7,9-10H2,1H3. The van der Waals surface area contributed by atoms with Crippen molar-refractivity contribution < 1.29 is 4.52 Å². The molecule has 0 atom stereocenters. The Balaban J connectivity index is 1.90. The minimum Gasteiger partial charge on any atom is -0.359 e. The Morgan fingerprint density at radius 1 is 1.37 bits per heavy atom. The van der Waals surface area contributed by atoms with Crippen LogP contribution in [0.5, 0.6) is 0 Å².